The molecule has 0 radical (unpaired) electrons. The van der Waals surface area contributed by atoms with E-state index in [1.54, 1.807) is 18.2 Å². The average Bonchev–Trinajstić information content (AvgIpc) is 3.10. The summed E-state index contributed by atoms with van der Waals surface area (Å²) in [6, 6.07) is 5.79. The zero-order valence-electron chi connectivity index (χ0n) is 16.5. The predicted molar refractivity (Wildman–Crippen MR) is 107 cm³/mol. The second-order valence-electron chi connectivity index (χ2n) is 7.95. The molecule has 2 heterocycles. The van der Waals surface area contributed by atoms with Crippen LogP contribution in [0.25, 0.3) is 0 Å². The lowest BCUT2D eigenvalue weighted by Crippen LogP contribution is -2.51. The minimum absolute atomic E-state index is 0.00960. The molecule has 3 aliphatic rings. The van der Waals surface area contributed by atoms with Crippen molar-refractivity contribution in [3.63, 3.8) is 0 Å². The molecule has 1 spiro atoms. The van der Waals surface area contributed by atoms with Crippen molar-refractivity contribution in [3.8, 4) is 0 Å². The Balaban J connectivity index is 1.36. The van der Waals surface area contributed by atoms with Gasteiger partial charge in [0.1, 0.15) is 11.4 Å². The normalized spacial score (nSPS) is 28.4. The van der Waals surface area contributed by atoms with E-state index in [9.17, 15) is 22.8 Å². The smallest absolute Gasteiger partial charge is 0.322 e. The highest BCUT2D eigenvalue weighted by Crippen LogP contribution is 2.35. The van der Waals surface area contributed by atoms with Gasteiger partial charge in [-0.3, -0.25) is 24.7 Å². The molecule has 1 aromatic carbocycles. The molecule has 0 atom stereocenters. The third kappa shape index (κ3) is 3.53. The van der Waals surface area contributed by atoms with E-state index in [-0.39, 0.29) is 23.7 Å². The number of hydrogen-bond donors (Lipinski definition) is 3. The number of urea groups is 1. The summed E-state index contributed by atoms with van der Waals surface area (Å²) in [5, 5.41) is 3.48. The monoisotopic (exact) mass is 433 g/mol. The van der Waals surface area contributed by atoms with Crippen LogP contribution in [0.1, 0.15) is 44.6 Å². The third-order valence-corrected chi connectivity index (χ3v) is 7.19. The highest BCUT2D eigenvalue weighted by Gasteiger charge is 2.52. The van der Waals surface area contributed by atoms with Gasteiger partial charge < -0.3 is 5.32 Å². The van der Waals surface area contributed by atoms with Crippen LogP contribution in [-0.4, -0.2) is 49.2 Å². The van der Waals surface area contributed by atoms with Crippen LogP contribution >= 0.6 is 0 Å². The number of amidine groups is 1. The molecule has 10 nitrogen and oxygen atoms in total. The number of hydrazine groups is 1. The number of amides is 4. The lowest BCUT2D eigenvalue weighted by molar-refractivity contribution is -0.140. The Kier molecular flexibility index (Phi) is 5.00. The molecule has 1 aliphatic carbocycles. The molecule has 0 bridgehead atoms. The van der Waals surface area contributed by atoms with E-state index in [4.69, 9.17) is 0 Å². The SMILES string of the molecule is CC1CCC2(CC1)NC(=O)N(NC(=O)CCN=C1NS(=O)(=O)c3ccccc31)C2=O. The molecule has 3 N–H and O–H groups in total. The number of carbonyl (C=O) groups excluding carboxylic acids is 3. The second kappa shape index (κ2) is 7.38. The van der Waals surface area contributed by atoms with Crippen molar-refractivity contribution in [1.29, 1.82) is 0 Å². The summed E-state index contributed by atoms with van der Waals surface area (Å²) in [5.74, 6) is -0.320. The standard InChI is InChI=1S/C19H23N5O5S/c1-12-6-9-19(10-7-12)17(26)24(18(27)21-19)22-15(25)8-11-20-16-13-4-2-3-5-14(13)30(28,29)23-16/h2-5,12H,6-11H2,1H3,(H,20,23)(H,21,27)(H,22,25). The van der Waals surface area contributed by atoms with Crippen molar-refractivity contribution in [2.75, 3.05) is 6.54 Å². The Morgan fingerprint density at radius 2 is 1.97 bits per heavy atom. The van der Waals surface area contributed by atoms with Gasteiger partial charge in [0.2, 0.25) is 5.91 Å². The molecule has 2 fully saturated rings. The topological polar surface area (TPSA) is 137 Å². The van der Waals surface area contributed by atoms with Crippen LogP contribution in [0.2, 0.25) is 0 Å². The van der Waals surface area contributed by atoms with E-state index < -0.39 is 33.4 Å². The summed E-state index contributed by atoms with van der Waals surface area (Å²) in [6.07, 6.45) is 2.66. The second-order valence-corrected chi connectivity index (χ2v) is 9.60. The number of sulfonamides is 1. The van der Waals surface area contributed by atoms with Gasteiger partial charge in [0.15, 0.2) is 0 Å². The molecule has 1 aromatic rings. The Hall–Kier alpha value is -2.95. The molecule has 160 valence electrons. The van der Waals surface area contributed by atoms with Gasteiger partial charge in [-0.25, -0.2) is 13.2 Å². The summed E-state index contributed by atoms with van der Waals surface area (Å²) >= 11 is 0. The van der Waals surface area contributed by atoms with Crippen LogP contribution < -0.4 is 15.5 Å². The number of aliphatic imine (C=N–C) groups is 1. The predicted octanol–water partition coefficient (Wildman–Crippen LogP) is 0.647. The average molecular weight is 433 g/mol. The molecule has 0 unspecified atom stereocenters. The Morgan fingerprint density at radius 1 is 1.27 bits per heavy atom. The number of carbonyl (C=O) groups is 3. The van der Waals surface area contributed by atoms with Crippen LogP contribution in [0.5, 0.6) is 0 Å². The van der Waals surface area contributed by atoms with Crippen LogP contribution in [0.15, 0.2) is 34.2 Å². The van der Waals surface area contributed by atoms with E-state index in [0.717, 1.165) is 17.9 Å². The van der Waals surface area contributed by atoms with E-state index in [0.29, 0.717) is 24.3 Å². The highest BCUT2D eigenvalue weighted by molar-refractivity contribution is 7.90. The highest BCUT2D eigenvalue weighted by atomic mass is 32.2. The van der Waals surface area contributed by atoms with Crippen LogP contribution in [0.3, 0.4) is 0 Å². The Labute approximate surface area is 174 Å². The molecule has 0 aromatic heterocycles. The Morgan fingerprint density at radius 3 is 2.70 bits per heavy atom. The van der Waals surface area contributed by atoms with Crippen molar-refractivity contribution in [1.82, 2.24) is 20.5 Å². The molecule has 11 heteroatoms. The summed E-state index contributed by atoms with van der Waals surface area (Å²) in [6.45, 7) is 2.10. The first-order valence-corrected chi connectivity index (χ1v) is 11.3. The maximum atomic E-state index is 12.8. The fourth-order valence-electron chi connectivity index (χ4n) is 4.02. The fourth-order valence-corrected chi connectivity index (χ4v) is 5.27. The number of benzene rings is 1. The quantitative estimate of drug-likeness (QED) is 0.599. The van der Waals surface area contributed by atoms with Crippen molar-refractivity contribution in [2.24, 2.45) is 10.9 Å². The maximum Gasteiger partial charge on any atom is 0.344 e. The van der Waals surface area contributed by atoms with E-state index in [2.05, 4.69) is 27.4 Å². The minimum atomic E-state index is -3.65. The van der Waals surface area contributed by atoms with Crippen molar-refractivity contribution < 1.29 is 22.8 Å². The number of nitrogens with zero attached hydrogens (tertiary/aromatic N) is 2. The Bertz CT molecular complexity index is 1040. The van der Waals surface area contributed by atoms with E-state index >= 15 is 0 Å². The number of fused-ring (bicyclic) bond motifs is 1. The van der Waals surface area contributed by atoms with E-state index in [1.165, 1.54) is 6.07 Å². The molecule has 1 saturated carbocycles. The molecule has 1 saturated heterocycles. The molecular formula is C19H23N5O5S. The largest absolute Gasteiger partial charge is 0.344 e. The van der Waals surface area contributed by atoms with Crippen LogP contribution in [-0.2, 0) is 19.6 Å². The summed E-state index contributed by atoms with van der Waals surface area (Å²) in [4.78, 5) is 41.6. The number of imide groups is 1. The molecule has 2 aliphatic heterocycles. The first kappa shape index (κ1) is 20.3. The van der Waals surface area contributed by atoms with Gasteiger partial charge in [-0.1, -0.05) is 19.1 Å². The molecule has 4 rings (SSSR count). The minimum Gasteiger partial charge on any atom is -0.322 e. The maximum absolute atomic E-state index is 12.8. The van der Waals surface area contributed by atoms with E-state index in [1.807, 2.05) is 0 Å². The van der Waals surface area contributed by atoms with Crippen molar-refractivity contribution in [3.05, 3.63) is 29.8 Å². The number of rotatable bonds is 4. The number of hydrogen-bond acceptors (Lipinski definition) is 6. The van der Waals surface area contributed by atoms with Gasteiger partial charge in [-0.15, -0.1) is 0 Å². The fraction of sp³-hybridized carbons (Fsp3) is 0.474. The summed E-state index contributed by atoms with van der Waals surface area (Å²) < 4.78 is 26.5. The first-order valence-electron chi connectivity index (χ1n) is 9.85. The summed E-state index contributed by atoms with van der Waals surface area (Å²) in [5.41, 5.74) is 1.86. The van der Waals surface area contributed by atoms with Gasteiger partial charge in [-0.2, -0.15) is 5.01 Å². The van der Waals surface area contributed by atoms with Gasteiger partial charge in [-0.05, 0) is 43.7 Å². The lowest BCUT2D eigenvalue weighted by atomic mass is 9.77. The van der Waals surface area contributed by atoms with Crippen molar-refractivity contribution >= 4 is 33.7 Å². The van der Waals surface area contributed by atoms with Gasteiger partial charge in [0.25, 0.3) is 15.9 Å². The van der Waals surface area contributed by atoms with Gasteiger partial charge in [0.05, 0.1) is 11.4 Å². The molecule has 4 amide bonds. The zero-order valence-corrected chi connectivity index (χ0v) is 17.3. The van der Waals surface area contributed by atoms with Crippen LogP contribution in [0, 0.1) is 5.92 Å². The summed E-state index contributed by atoms with van der Waals surface area (Å²) in [7, 11) is -3.65. The third-order valence-electron chi connectivity index (χ3n) is 5.80. The van der Waals surface area contributed by atoms with Crippen molar-refractivity contribution in [2.45, 2.75) is 49.5 Å². The lowest BCUT2D eigenvalue weighted by Gasteiger charge is -2.33. The molecule has 30 heavy (non-hydrogen) atoms. The molecular weight excluding hydrogens is 410 g/mol. The first-order chi connectivity index (χ1) is 14.2. The zero-order chi connectivity index (χ0) is 21.5. The van der Waals surface area contributed by atoms with Gasteiger partial charge >= 0.3 is 6.03 Å². The van der Waals surface area contributed by atoms with Gasteiger partial charge in [0, 0.05) is 12.0 Å². The van der Waals surface area contributed by atoms with Crippen LogP contribution in [0.4, 0.5) is 4.79 Å². The number of nitrogens with one attached hydrogen (secondary N) is 3.